The van der Waals surface area contributed by atoms with Crippen LogP contribution >= 0.6 is 11.6 Å². The minimum atomic E-state index is -0.522. The lowest BCUT2D eigenvalue weighted by Gasteiger charge is -2.39. The number of nitrogens with zero attached hydrogens (tertiary/aromatic N) is 1. The normalized spacial score (nSPS) is 23.9. The summed E-state index contributed by atoms with van der Waals surface area (Å²) in [6.07, 6.45) is 4.24. The number of hydrogen-bond acceptors (Lipinski definition) is 3. The molecule has 2 aromatic carbocycles. The van der Waals surface area contributed by atoms with Crippen molar-refractivity contribution in [2.24, 2.45) is 0 Å². The van der Waals surface area contributed by atoms with Gasteiger partial charge in [-0.2, -0.15) is 0 Å². The lowest BCUT2D eigenvalue weighted by atomic mass is 9.77. The minimum Gasteiger partial charge on any atom is -0.508 e. The SMILES string of the molecule is Cc1cc(/C=C/C23OCCN2c2ccc(Cl)cc2C3(C)C)ccc1O. The maximum absolute atomic E-state index is 9.73. The van der Waals surface area contributed by atoms with E-state index in [1.54, 1.807) is 6.07 Å². The Kier molecular flexibility index (Phi) is 3.64. The molecule has 130 valence electrons. The van der Waals surface area contributed by atoms with Gasteiger partial charge in [0.15, 0.2) is 5.72 Å². The average molecular weight is 356 g/mol. The standard InChI is InChI=1S/C21H22ClNO2/c1-14-12-15(4-7-19(14)24)8-9-21-20(2,3)17-13-16(22)5-6-18(17)23(21)10-11-25-21/h4-9,12-13,24H,10-11H2,1-3H3/b9-8+. The maximum atomic E-state index is 9.73. The number of ether oxygens (including phenoxy) is 1. The second-order valence-electron chi connectivity index (χ2n) is 7.36. The molecular weight excluding hydrogens is 334 g/mol. The molecule has 0 aromatic heterocycles. The smallest absolute Gasteiger partial charge is 0.170 e. The maximum Gasteiger partial charge on any atom is 0.170 e. The molecule has 0 saturated carbocycles. The molecule has 4 rings (SSSR count). The van der Waals surface area contributed by atoms with Crippen LogP contribution in [0, 0.1) is 6.92 Å². The van der Waals surface area contributed by atoms with E-state index in [4.69, 9.17) is 16.3 Å². The van der Waals surface area contributed by atoms with E-state index in [-0.39, 0.29) is 5.41 Å². The van der Waals surface area contributed by atoms with Gasteiger partial charge < -0.3 is 14.7 Å². The van der Waals surface area contributed by atoms with E-state index < -0.39 is 5.72 Å². The largest absolute Gasteiger partial charge is 0.508 e. The Labute approximate surface area is 153 Å². The highest BCUT2D eigenvalue weighted by molar-refractivity contribution is 6.30. The molecule has 25 heavy (non-hydrogen) atoms. The van der Waals surface area contributed by atoms with E-state index in [2.05, 4.69) is 43.0 Å². The zero-order chi connectivity index (χ0) is 17.8. The molecule has 0 spiro atoms. The summed E-state index contributed by atoms with van der Waals surface area (Å²) in [6.45, 7) is 7.88. The molecule has 0 bridgehead atoms. The summed E-state index contributed by atoms with van der Waals surface area (Å²) in [6, 6.07) is 11.7. The molecule has 1 N–H and O–H groups in total. The first-order valence-corrected chi connectivity index (χ1v) is 8.93. The third kappa shape index (κ3) is 2.30. The minimum absolute atomic E-state index is 0.230. The van der Waals surface area contributed by atoms with Gasteiger partial charge in [-0.3, -0.25) is 0 Å². The Morgan fingerprint density at radius 1 is 1.20 bits per heavy atom. The lowest BCUT2D eigenvalue weighted by molar-refractivity contribution is 0.000339. The van der Waals surface area contributed by atoms with Crippen LogP contribution in [0.1, 0.15) is 30.5 Å². The fraction of sp³-hybridized carbons (Fsp3) is 0.333. The van der Waals surface area contributed by atoms with Crippen molar-refractivity contribution in [2.75, 3.05) is 18.1 Å². The summed E-state index contributed by atoms with van der Waals surface area (Å²) in [5.41, 5.74) is 3.57. The summed E-state index contributed by atoms with van der Waals surface area (Å²) in [5, 5.41) is 10.5. The van der Waals surface area contributed by atoms with Crippen LogP contribution in [0.5, 0.6) is 5.75 Å². The second kappa shape index (κ2) is 5.52. The molecule has 0 aliphatic carbocycles. The molecule has 1 atom stereocenters. The van der Waals surface area contributed by atoms with Crippen molar-refractivity contribution >= 4 is 23.4 Å². The van der Waals surface area contributed by atoms with Crippen molar-refractivity contribution in [3.63, 3.8) is 0 Å². The Bertz CT molecular complexity index is 874. The predicted molar refractivity (Wildman–Crippen MR) is 102 cm³/mol. The molecule has 1 saturated heterocycles. The van der Waals surface area contributed by atoms with Crippen LogP contribution in [0.2, 0.25) is 5.02 Å². The number of fused-ring (bicyclic) bond motifs is 3. The highest BCUT2D eigenvalue weighted by Crippen LogP contribution is 2.55. The quantitative estimate of drug-likeness (QED) is 0.832. The first-order valence-electron chi connectivity index (χ1n) is 8.56. The van der Waals surface area contributed by atoms with E-state index >= 15 is 0 Å². The Morgan fingerprint density at radius 3 is 2.76 bits per heavy atom. The van der Waals surface area contributed by atoms with E-state index in [1.807, 2.05) is 25.1 Å². The van der Waals surface area contributed by atoms with Crippen molar-refractivity contribution in [3.8, 4) is 5.75 Å². The Morgan fingerprint density at radius 2 is 2.00 bits per heavy atom. The van der Waals surface area contributed by atoms with Crippen LogP contribution < -0.4 is 4.90 Å². The van der Waals surface area contributed by atoms with Crippen LogP contribution in [-0.4, -0.2) is 24.0 Å². The van der Waals surface area contributed by atoms with E-state index in [0.717, 1.165) is 22.7 Å². The molecule has 0 amide bonds. The third-order valence-electron chi connectivity index (χ3n) is 5.58. The summed E-state index contributed by atoms with van der Waals surface area (Å²) in [5.74, 6) is 0.317. The predicted octanol–water partition coefficient (Wildman–Crippen LogP) is 4.89. The highest BCUT2D eigenvalue weighted by Gasteiger charge is 2.59. The number of rotatable bonds is 2. The number of aromatic hydroxyl groups is 1. The van der Waals surface area contributed by atoms with Gasteiger partial charge in [0.25, 0.3) is 0 Å². The van der Waals surface area contributed by atoms with Gasteiger partial charge in [-0.25, -0.2) is 0 Å². The number of phenolic OH excluding ortho intramolecular Hbond substituents is 1. The van der Waals surface area contributed by atoms with Gasteiger partial charge in [0.05, 0.1) is 6.61 Å². The molecule has 0 radical (unpaired) electrons. The fourth-order valence-corrected chi connectivity index (χ4v) is 4.30. The second-order valence-corrected chi connectivity index (χ2v) is 7.80. The molecule has 4 heteroatoms. The molecular formula is C21H22ClNO2. The third-order valence-corrected chi connectivity index (χ3v) is 5.81. The van der Waals surface area contributed by atoms with Crippen molar-refractivity contribution in [3.05, 3.63) is 64.2 Å². The van der Waals surface area contributed by atoms with Crippen molar-refractivity contribution in [1.29, 1.82) is 0 Å². The number of anilines is 1. The molecule has 1 fully saturated rings. The molecule has 2 heterocycles. The van der Waals surface area contributed by atoms with Crippen molar-refractivity contribution in [2.45, 2.75) is 31.9 Å². The summed E-state index contributed by atoms with van der Waals surface area (Å²) < 4.78 is 6.32. The van der Waals surface area contributed by atoms with Crippen LogP contribution in [0.25, 0.3) is 6.08 Å². The summed E-state index contributed by atoms with van der Waals surface area (Å²) >= 11 is 6.26. The molecule has 2 aliphatic heterocycles. The molecule has 2 aromatic rings. The fourth-order valence-electron chi connectivity index (χ4n) is 4.13. The van der Waals surface area contributed by atoms with Gasteiger partial charge in [-0.15, -0.1) is 0 Å². The number of phenols is 1. The van der Waals surface area contributed by atoms with Crippen LogP contribution in [0.4, 0.5) is 5.69 Å². The topological polar surface area (TPSA) is 32.7 Å². The lowest BCUT2D eigenvalue weighted by Crippen LogP contribution is -2.51. The number of hydrogen-bond donors (Lipinski definition) is 1. The van der Waals surface area contributed by atoms with Crippen LogP contribution in [-0.2, 0) is 10.2 Å². The number of halogens is 1. The first kappa shape index (κ1) is 16.5. The van der Waals surface area contributed by atoms with Crippen LogP contribution in [0.3, 0.4) is 0 Å². The van der Waals surface area contributed by atoms with E-state index in [1.165, 1.54) is 11.3 Å². The van der Waals surface area contributed by atoms with E-state index in [9.17, 15) is 5.11 Å². The number of benzene rings is 2. The van der Waals surface area contributed by atoms with Gasteiger partial charge >= 0.3 is 0 Å². The summed E-state index contributed by atoms with van der Waals surface area (Å²) in [4.78, 5) is 2.34. The van der Waals surface area contributed by atoms with Gasteiger partial charge in [-0.05, 0) is 60.0 Å². The zero-order valence-electron chi connectivity index (χ0n) is 14.7. The Balaban J connectivity index is 1.79. The summed E-state index contributed by atoms with van der Waals surface area (Å²) in [7, 11) is 0. The van der Waals surface area contributed by atoms with Gasteiger partial charge in [-0.1, -0.05) is 37.6 Å². The van der Waals surface area contributed by atoms with Gasteiger partial charge in [0.2, 0.25) is 0 Å². The number of aryl methyl sites for hydroxylation is 1. The van der Waals surface area contributed by atoms with Gasteiger partial charge in [0.1, 0.15) is 5.75 Å². The van der Waals surface area contributed by atoms with Crippen molar-refractivity contribution in [1.82, 2.24) is 0 Å². The van der Waals surface area contributed by atoms with E-state index in [0.29, 0.717) is 12.4 Å². The first-order chi connectivity index (χ1) is 11.8. The Hall–Kier alpha value is -1.97. The van der Waals surface area contributed by atoms with Gasteiger partial charge in [0, 0.05) is 22.7 Å². The highest BCUT2D eigenvalue weighted by atomic mass is 35.5. The molecule has 2 aliphatic rings. The molecule has 1 unspecified atom stereocenters. The van der Waals surface area contributed by atoms with Crippen LogP contribution in [0.15, 0.2) is 42.5 Å². The monoisotopic (exact) mass is 355 g/mol. The zero-order valence-corrected chi connectivity index (χ0v) is 15.5. The van der Waals surface area contributed by atoms with Crippen molar-refractivity contribution < 1.29 is 9.84 Å². The average Bonchev–Trinajstić information content (AvgIpc) is 3.07. The molecule has 3 nitrogen and oxygen atoms in total.